The van der Waals surface area contributed by atoms with Gasteiger partial charge in [-0.05, 0) is 37.4 Å². The number of hydrogen-bond donors (Lipinski definition) is 1. The maximum atomic E-state index is 4.25. The Hall–Kier alpha value is -0.890. The van der Waals surface area contributed by atoms with E-state index in [-0.39, 0.29) is 0 Å². The van der Waals surface area contributed by atoms with Gasteiger partial charge in [-0.25, -0.2) is 0 Å². The summed E-state index contributed by atoms with van der Waals surface area (Å²) in [5.74, 6) is 1.50. The summed E-state index contributed by atoms with van der Waals surface area (Å²) in [5.41, 5.74) is 1.41. The van der Waals surface area contributed by atoms with E-state index in [1.54, 1.807) is 0 Å². The molecule has 1 unspecified atom stereocenters. The van der Waals surface area contributed by atoms with E-state index in [9.17, 15) is 0 Å². The summed E-state index contributed by atoms with van der Waals surface area (Å²) in [4.78, 5) is 4.25. The van der Waals surface area contributed by atoms with Crippen molar-refractivity contribution < 1.29 is 0 Å². The highest BCUT2D eigenvalue weighted by Crippen LogP contribution is 2.35. The molecule has 0 radical (unpaired) electrons. The van der Waals surface area contributed by atoms with Crippen LogP contribution in [0.25, 0.3) is 0 Å². The Morgan fingerprint density at radius 1 is 1.38 bits per heavy atom. The van der Waals surface area contributed by atoms with Gasteiger partial charge in [0.1, 0.15) is 0 Å². The molecule has 2 rings (SSSR count). The van der Waals surface area contributed by atoms with Crippen LogP contribution in [-0.4, -0.2) is 18.6 Å². The molecule has 1 aromatic heterocycles. The third-order valence-electron chi connectivity index (χ3n) is 3.76. The van der Waals surface area contributed by atoms with Crippen LogP contribution in [-0.2, 0) is 0 Å². The van der Waals surface area contributed by atoms with Crippen molar-refractivity contribution >= 4 is 0 Å². The zero-order chi connectivity index (χ0) is 11.2. The number of aromatic nitrogens is 1. The molecule has 88 valence electrons. The minimum Gasteiger partial charge on any atom is -0.319 e. The molecule has 0 saturated heterocycles. The van der Waals surface area contributed by atoms with E-state index in [0.717, 1.165) is 12.5 Å². The Morgan fingerprint density at radius 3 is 2.81 bits per heavy atom. The number of pyridine rings is 1. The first-order chi connectivity index (χ1) is 7.92. The van der Waals surface area contributed by atoms with Crippen molar-refractivity contribution in [2.45, 2.75) is 38.0 Å². The molecule has 1 atom stereocenters. The van der Waals surface area contributed by atoms with Crippen LogP contribution in [0.1, 0.15) is 43.6 Å². The molecule has 1 fully saturated rings. The third-order valence-corrected chi connectivity index (χ3v) is 3.76. The molecule has 1 N–H and O–H groups in total. The highest BCUT2D eigenvalue weighted by molar-refractivity contribution is 5.16. The molecule has 1 aliphatic rings. The first-order valence-corrected chi connectivity index (χ1v) is 6.46. The van der Waals surface area contributed by atoms with Gasteiger partial charge in [-0.2, -0.15) is 0 Å². The summed E-state index contributed by atoms with van der Waals surface area (Å²) in [5, 5.41) is 3.34. The normalized spacial score (nSPS) is 19.6. The van der Waals surface area contributed by atoms with Gasteiger partial charge in [-0.15, -0.1) is 0 Å². The molecule has 0 aliphatic heterocycles. The summed E-state index contributed by atoms with van der Waals surface area (Å²) in [6.07, 6.45) is 10.9. The lowest BCUT2D eigenvalue weighted by atomic mass is 9.77. The summed E-state index contributed by atoms with van der Waals surface area (Å²) in [6.45, 7) is 1.08. The molecule has 1 aromatic rings. The Kier molecular flexibility index (Phi) is 4.34. The van der Waals surface area contributed by atoms with Crippen LogP contribution >= 0.6 is 0 Å². The van der Waals surface area contributed by atoms with Crippen molar-refractivity contribution in [3.05, 3.63) is 30.1 Å². The Bertz CT molecular complexity index is 291. The Labute approximate surface area is 98.5 Å². The predicted molar refractivity (Wildman–Crippen MR) is 67.5 cm³/mol. The van der Waals surface area contributed by atoms with Crippen LogP contribution in [0.2, 0.25) is 0 Å². The van der Waals surface area contributed by atoms with E-state index in [2.05, 4.69) is 22.4 Å². The quantitative estimate of drug-likeness (QED) is 0.840. The van der Waals surface area contributed by atoms with Gasteiger partial charge >= 0.3 is 0 Å². The second-order valence-corrected chi connectivity index (χ2v) is 4.85. The van der Waals surface area contributed by atoms with E-state index in [1.165, 1.54) is 37.7 Å². The molecule has 0 spiro atoms. The molecular formula is C14H22N2. The van der Waals surface area contributed by atoms with Crippen LogP contribution in [0.15, 0.2) is 24.5 Å². The lowest BCUT2D eigenvalue weighted by Gasteiger charge is -2.30. The van der Waals surface area contributed by atoms with Gasteiger partial charge in [0.05, 0.1) is 0 Å². The standard InChI is InChI=1S/C14H22N2/c1-15-11-14(12-6-3-2-4-7-12)13-8-5-9-16-10-13/h5,8-10,12,14-15H,2-4,6-7,11H2,1H3. The fraction of sp³-hybridized carbons (Fsp3) is 0.643. The SMILES string of the molecule is CNCC(c1cccnc1)C1CCCCC1. The molecule has 1 saturated carbocycles. The number of likely N-dealkylation sites (N-methyl/N-ethyl adjacent to an activating group) is 1. The lowest BCUT2D eigenvalue weighted by molar-refractivity contribution is 0.300. The highest BCUT2D eigenvalue weighted by atomic mass is 14.8. The first kappa shape index (κ1) is 11.6. The maximum absolute atomic E-state index is 4.25. The van der Waals surface area contributed by atoms with Gasteiger partial charge in [-0.3, -0.25) is 4.98 Å². The van der Waals surface area contributed by atoms with E-state index >= 15 is 0 Å². The van der Waals surface area contributed by atoms with Crippen molar-refractivity contribution in [2.24, 2.45) is 5.92 Å². The topological polar surface area (TPSA) is 24.9 Å². The lowest BCUT2D eigenvalue weighted by Crippen LogP contribution is -2.25. The van der Waals surface area contributed by atoms with Crippen molar-refractivity contribution in [3.63, 3.8) is 0 Å². The van der Waals surface area contributed by atoms with E-state index < -0.39 is 0 Å². The number of hydrogen-bond acceptors (Lipinski definition) is 2. The van der Waals surface area contributed by atoms with Gasteiger partial charge < -0.3 is 5.32 Å². The van der Waals surface area contributed by atoms with E-state index in [0.29, 0.717) is 5.92 Å². The first-order valence-electron chi connectivity index (χ1n) is 6.46. The molecule has 2 nitrogen and oxygen atoms in total. The summed E-state index contributed by atoms with van der Waals surface area (Å²) in [7, 11) is 2.05. The van der Waals surface area contributed by atoms with Crippen molar-refractivity contribution in [2.75, 3.05) is 13.6 Å². The summed E-state index contributed by atoms with van der Waals surface area (Å²) < 4.78 is 0. The average Bonchev–Trinajstić information content (AvgIpc) is 2.38. The fourth-order valence-electron chi connectivity index (χ4n) is 2.91. The average molecular weight is 218 g/mol. The Balaban J connectivity index is 2.09. The predicted octanol–water partition coefficient (Wildman–Crippen LogP) is 2.96. The minimum absolute atomic E-state index is 0.652. The van der Waals surface area contributed by atoms with Crippen LogP contribution in [0.5, 0.6) is 0 Å². The van der Waals surface area contributed by atoms with E-state index in [4.69, 9.17) is 0 Å². The van der Waals surface area contributed by atoms with Crippen molar-refractivity contribution in [1.29, 1.82) is 0 Å². The zero-order valence-corrected chi connectivity index (χ0v) is 10.2. The Morgan fingerprint density at radius 2 is 2.19 bits per heavy atom. The smallest absolute Gasteiger partial charge is 0.0303 e. The zero-order valence-electron chi connectivity index (χ0n) is 10.2. The number of nitrogens with one attached hydrogen (secondary N) is 1. The fourth-order valence-corrected chi connectivity index (χ4v) is 2.91. The second-order valence-electron chi connectivity index (χ2n) is 4.85. The molecule has 1 aliphatic carbocycles. The van der Waals surface area contributed by atoms with Crippen LogP contribution in [0.3, 0.4) is 0 Å². The second kappa shape index (κ2) is 6.00. The third kappa shape index (κ3) is 2.82. The minimum atomic E-state index is 0.652. The van der Waals surface area contributed by atoms with Gasteiger partial charge in [-0.1, -0.05) is 25.3 Å². The van der Waals surface area contributed by atoms with Gasteiger partial charge in [0.25, 0.3) is 0 Å². The van der Waals surface area contributed by atoms with Crippen molar-refractivity contribution in [3.8, 4) is 0 Å². The van der Waals surface area contributed by atoms with Gasteiger partial charge in [0, 0.05) is 24.9 Å². The molecule has 2 heteroatoms. The highest BCUT2D eigenvalue weighted by Gasteiger charge is 2.24. The molecule has 0 aromatic carbocycles. The molecule has 16 heavy (non-hydrogen) atoms. The van der Waals surface area contributed by atoms with Crippen LogP contribution in [0, 0.1) is 5.92 Å². The number of rotatable bonds is 4. The maximum Gasteiger partial charge on any atom is 0.0303 e. The van der Waals surface area contributed by atoms with E-state index in [1.807, 2.05) is 19.4 Å². The monoisotopic (exact) mass is 218 g/mol. The molecule has 0 bridgehead atoms. The molecule has 1 heterocycles. The largest absolute Gasteiger partial charge is 0.319 e. The van der Waals surface area contributed by atoms with Gasteiger partial charge in [0.2, 0.25) is 0 Å². The van der Waals surface area contributed by atoms with Crippen molar-refractivity contribution in [1.82, 2.24) is 10.3 Å². The van der Waals surface area contributed by atoms with Crippen LogP contribution < -0.4 is 5.32 Å². The summed E-state index contributed by atoms with van der Waals surface area (Å²) >= 11 is 0. The summed E-state index contributed by atoms with van der Waals surface area (Å²) in [6, 6.07) is 4.28. The molecule has 0 amide bonds. The van der Waals surface area contributed by atoms with Gasteiger partial charge in [0.15, 0.2) is 0 Å². The molecular weight excluding hydrogens is 196 g/mol. The van der Waals surface area contributed by atoms with Crippen LogP contribution in [0.4, 0.5) is 0 Å². The number of nitrogens with zero attached hydrogens (tertiary/aromatic N) is 1.